The van der Waals surface area contributed by atoms with Gasteiger partial charge in [0.25, 0.3) is 0 Å². The lowest BCUT2D eigenvalue weighted by Gasteiger charge is -2.12. The van der Waals surface area contributed by atoms with E-state index in [-0.39, 0.29) is 43.7 Å². The lowest BCUT2D eigenvalue weighted by molar-refractivity contribution is -0.137. The molecule has 6 heteroatoms. The van der Waals surface area contributed by atoms with Crippen LogP contribution in [0.25, 0.3) is 0 Å². The zero-order valence-electron chi connectivity index (χ0n) is 11.0. The highest BCUT2D eigenvalue weighted by Gasteiger charge is 2.08. The zero-order valence-corrected chi connectivity index (χ0v) is 11.0. The SMILES string of the molecule is CCCC(C)NC(=O)CNC(=O)CCCC(=O)O. The van der Waals surface area contributed by atoms with Crippen LogP contribution in [0.5, 0.6) is 0 Å². The third kappa shape index (κ3) is 9.62. The van der Waals surface area contributed by atoms with E-state index < -0.39 is 5.97 Å². The number of nitrogens with one attached hydrogen (secondary N) is 2. The van der Waals surface area contributed by atoms with E-state index >= 15 is 0 Å². The van der Waals surface area contributed by atoms with Gasteiger partial charge >= 0.3 is 5.97 Å². The van der Waals surface area contributed by atoms with Crippen LogP contribution < -0.4 is 10.6 Å². The van der Waals surface area contributed by atoms with Gasteiger partial charge in [0, 0.05) is 18.9 Å². The number of carbonyl (C=O) groups excluding carboxylic acids is 2. The minimum absolute atomic E-state index is 0.0346. The smallest absolute Gasteiger partial charge is 0.303 e. The standard InChI is InChI=1S/C12H22N2O4/c1-3-5-9(2)14-11(16)8-13-10(15)6-4-7-12(17)18/h9H,3-8H2,1-2H3,(H,13,15)(H,14,16)(H,17,18). The van der Waals surface area contributed by atoms with Crippen LogP contribution in [0.2, 0.25) is 0 Å². The summed E-state index contributed by atoms with van der Waals surface area (Å²) in [5.74, 6) is -1.44. The minimum Gasteiger partial charge on any atom is -0.481 e. The Bertz CT molecular complexity index is 292. The normalized spacial score (nSPS) is 11.7. The van der Waals surface area contributed by atoms with Gasteiger partial charge in [0.05, 0.1) is 6.54 Å². The molecule has 0 saturated heterocycles. The molecule has 0 radical (unpaired) electrons. The van der Waals surface area contributed by atoms with Crippen LogP contribution in [0, 0.1) is 0 Å². The molecule has 1 atom stereocenters. The predicted molar refractivity (Wildman–Crippen MR) is 67.0 cm³/mol. The number of carboxylic acids is 1. The molecule has 6 nitrogen and oxygen atoms in total. The van der Waals surface area contributed by atoms with E-state index in [2.05, 4.69) is 10.6 Å². The van der Waals surface area contributed by atoms with E-state index in [4.69, 9.17) is 5.11 Å². The first-order valence-corrected chi connectivity index (χ1v) is 6.23. The molecule has 0 spiro atoms. The molecule has 0 rings (SSSR count). The molecule has 18 heavy (non-hydrogen) atoms. The lowest BCUT2D eigenvalue weighted by Crippen LogP contribution is -2.40. The van der Waals surface area contributed by atoms with Gasteiger partial charge in [-0.3, -0.25) is 14.4 Å². The molecule has 0 aliphatic carbocycles. The van der Waals surface area contributed by atoms with Crippen LogP contribution >= 0.6 is 0 Å². The van der Waals surface area contributed by atoms with Crippen molar-refractivity contribution in [2.24, 2.45) is 0 Å². The Morgan fingerprint density at radius 3 is 2.39 bits per heavy atom. The number of rotatable bonds is 9. The fraction of sp³-hybridized carbons (Fsp3) is 0.750. The van der Waals surface area contributed by atoms with Gasteiger partial charge in [-0.2, -0.15) is 0 Å². The molecule has 0 bridgehead atoms. The Labute approximate surface area is 107 Å². The molecule has 2 amide bonds. The first-order valence-electron chi connectivity index (χ1n) is 6.23. The van der Waals surface area contributed by atoms with Gasteiger partial charge < -0.3 is 15.7 Å². The molecule has 1 unspecified atom stereocenters. The molecule has 0 heterocycles. The summed E-state index contributed by atoms with van der Waals surface area (Å²) in [6, 6.07) is 0.103. The molecule has 0 aromatic heterocycles. The van der Waals surface area contributed by atoms with Crippen molar-refractivity contribution < 1.29 is 19.5 Å². The maximum atomic E-state index is 11.4. The maximum absolute atomic E-state index is 11.4. The summed E-state index contributed by atoms with van der Waals surface area (Å²) in [5, 5.41) is 13.6. The minimum atomic E-state index is -0.922. The van der Waals surface area contributed by atoms with Gasteiger partial charge in [0.2, 0.25) is 11.8 Å². The molecule has 0 aromatic carbocycles. The number of amides is 2. The van der Waals surface area contributed by atoms with Gasteiger partial charge in [-0.25, -0.2) is 0 Å². The van der Waals surface area contributed by atoms with Gasteiger partial charge in [-0.15, -0.1) is 0 Å². The number of aliphatic carboxylic acids is 1. The summed E-state index contributed by atoms with van der Waals surface area (Å²) in [6.45, 7) is 3.89. The van der Waals surface area contributed by atoms with Crippen molar-refractivity contribution in [1.29, 1.82) is 0 Å². The number of hydrogen-bond acceptors (Lipinski definition) is 3. The van der Waals surface area contributed by atoms with E-state index in [0.29, 0.717) is 0 Å². The topological polar surface area (TPSA) is 95.5 Å². The molecule has 0 fully saturated rings. The second kappa shape index (κ2) is 9.44. The lowest BCUT2D eigenvalue weighted by atomic mass is 10.2. The van der Waals surface area contributed by atoms with Crippen LogP contribution in [-0.2, 0) is 14.4 Å². The second-order valence-corrected chi connectivity index (χ2v) is 4.28. The van der Waals surface area contributed by atoms with Gasteiger partial charge in [-0.1, -0.05) is 13.3 Å². The second-order valence-electron chi connectivity index (χ2n) is 4.28. The molecule has 3 N–H and O–H groups in total. The van der Waals surface area contributed by atoms with Crippen molar-refractivity contribution in [2.75, 3.05) is 6.54 Å². The summed E-state index contributed by atoms with van der Waals surface area (Å²) in [5.41, 5.74) is 0. The van der Waals surface area contributed by atoms with Crippen molar-refractivity contribution in [2.45, 2.75) is 52.0 Å². The third-order valence-corrected chi connectivity index (χ3v) is 2.37. The van der Waals surface area contributed by atoms with Crippen LogP contribution in [0.1, 0.15) is 46.0 Å². The van der Waals surface area contributed by atoms with Crippen molar-refractivity contribution in [1.82, 2.24) is 10.6 Å². The zero-order chi connectivity index (χ0) is 14.0. The Hall–Kier alpha value is -1.59. The number of carboxylic acid groups (broad SMARTS) is 1. The summed E-state index contributed by atoms with van der Waals surface area (Å²) >= 11 is 0. The average molecular weight is 258 g/mol. The summed E-state index contributed by atoms with van der Waals surface area (Å²) < 4.78 is 0. The van der Waals surface area contributed by atoms with Crippen molar-refractivity contribution >= 4 is 17.8 Å². The molecule has 0 aliphatic rings. The van der Waals surface area contributed by atoms with E-state index in [1.807, 2.05) is 13.8 Å². The monoisotopic (exact) mass is 258 g/mol. The maximum Gasteiger partial charge on any atom is 0.303 e. The highest BCUT2D eigenvalue weighted by atomic mass is 16.4. The Balaban J connectivity index is 3.65. The van der Waals surface area contributed by atoms with Crippen LogP contribution in [0.3, 0.4) is 0 Å². The van der Waals surface area contributed by atoms with Gasteiger partial charge in [0.1, 0.15) is 0 Å². The summed E-state index contributed by atoms with van der Waals surface area (Å²) in [6.07, 6.45) is 2.27. The van der Waals surface area contributed by atoms with Crippen LogP contribution in [-0.4, -0.2) is 35.5 Å². The first-order chi connectivity index (χ1) is 8.45. The average Bonchev–Trinajstić information content (AvgIpc) is 2.26. The van der Waals surface area contributed by atoms with Gasteiger partial charge in [0.15, 0.2) is 0 Å². The summed E-state index contributed by atoms with van der Waals surface area (Å²) in [7, 11) is 0. The fourth-order valence-corrected chi connectivity index (χ4v) is 1.50. The fourth-order valence-electron chi connectivity index (χ4n) is 1.50. The van der Waals surface area contributed by atoms with Crippen molar-refractivity contribution in [3.05, 3.63) is 0 Å². The molecule has 104 valence electrons. The summed E-state index contributed by atoms with van der Waals surface area (Å²) in [4.78, 5) is 32.9. The number of carbonyl (C=O) groups is 3. The van der Waals surface area contributed by atoms with Crippen LogP contribution in [0.15, 0.2) is 0 Å². The number of hydrogen-bond donors (Lipinski definition) is 3. The largest absolute Gasteiger partial charge is 0.481 e. The van der Waals surface area contributed by atoms with E-state index in [9.17, 15) is 14.4 Å². The first kappa shape index (κ1) is 16.4. The van der Waals surface area contributed by atoms with Gasteiger partial charge in [-0.05, 0) is 19.8 Å². The van der Waals surface area contributed by atoms with Crippen LogP contribution in [0.4, 0.5) is 0 Å². The highest BCUT2D eigenvalue weighted by Crippen LogP contribution is 1.95. The van der Waals surface area contributed by atoms with E-state index in [1.165, 1.54) is 0 Å². The molecule has 0 aliphatic heterocycles. The Morgan fingerprint density at radius 2 is 1.83 bits per heavy atom. The van der Waals surface area contributed by atoms with E-state index in [1.54, 1.807) is 0 Å². The Morgan fingerprint density at radius 1 is 1.17 bits per heavy atom. The molecule has 0 saturated carbocycles. The molecule has 0 aromatic rings. The Kier molecular flexibility index (Phi) is 8.61. The van der Waals surface area contributed by atoms with Crippen molar-refractivity contribution in [3.63, 3.8) is 0 Å². The van der Waals surface area contributed by atoms with Crippen molar-refractivity contribution in [3.8, 4) is 0 Å². The highest BCUT2D eigenvalue weighted by molar-refractivity contribution is 5.84. The van der Waals surface area contributed by atoms with E-state index in [0.717, 1.165) is 12.8 Å². The quantitative estimate of drug-likeness (QED) is 0.566. The predicted octanol–water partition coefficient (Wildman–Crippen LogP) is 0.662. The third-order valence-electron chi connectivity index (χ3n) is 2.37. The molecular formula is C12H22N2O4. The molecular weight excluding hydrogens is 236 g/mol.